The molecule has 2 aliphatic rings. The normalized spacial score (nSPS) is 20.3. The molecule has 4 N–H and O–H groups in total. The highest BCUT2D eigenvalue weighted by Crippen LogP contribution is 2.30. The predicted octanol–water partition coefficient (Wildman–Crippen LogP) is 2.63. The fourth-order valence-corrected chi connectivity index (χ4v) is 4.17. The first-order chi connectivity index (χ1) is 16.8. The number of unbranched alkanes of at least 4 members (excludes halogenated alkanes) is 1. The summed E-state index contributed by atoms with van der Waals surface area (Å²) < 4.78 is 5.83. The zero-order chi connectivity index (χ0) is 25.4. The van der Waals surface area contributed by atoms with E-state index in [2.05, 4.69) is 18.3 Å². The van der Waals surface area contributed by atoms with Crippen LogP contribution < -0.4 is 11.1 Å². The molecule has 2 unspecified atom stereocenters. The lowest BCUT2D eigenvalue weighted by atomic mass is 10.1. The largest absolute Gasteiger partial charge is 0.386 e. The van der Waals surface area contributed by atoms with E-state index < -0.39 is 12.3 Å². The molecule has 1 saturated heterocycles. The summed E-state index contributed by atoms with van der Waals surface area (Å²) in [5.41, 5.74) is 7.99. The Balaban J connectivity index is 1.80. The van der Waals surface area contributed by atoms with Crippen LogP contribution in [0.15, 0.2) is 29.3 Å². The number of hydrogen-bond acceptors (Lipinski definition) is 5. The number of hydrogen-bond donors (Lipinski definition) is 3. The average Bonchev–Trinajstić information content (AvgIpc) is 3.64. The molecule has 1 saturated carbocycles. The standard InChI is InChI=1S/C26H40N6O3/c1-4-5-13-35-18(2)29-26-24(25(27)28)30-23(34)11-12-31(26)16-21-7-6-8-22(14-21)17-32(19(3)33)15-20-9-10-20/h6-8,14,18,20,24H,4-5,9-13,15-17H2,1-3H3,(H3,27,28)(H,30,34). The van der Waals surface area contributed by atoms with E-state index >= 15 is 0 Å². The predicted molar refractivity (Wildman–Crippen MR) is 137 cm³/mol. The first-order valence-corrected chi connectivity index (χ1v) is 12.7. The van der Waals surface area contributed by atoms with Crippen molar-refractivity contribution in [2.75, 3.05) is 19.7 Å². The highest BCUT2D eigenvalue weighted by molar-refractivity contribution is 6.10. The molecule has 1 aliphatic heterocycles. The monoisotopic (exact) mass is 484 g/mol. The van der Waals surface area contributed by atoms with E-state index in [0.717, 1.165) is 30.5 Å². The van der Waals surface area contributed by atoms with Gasteiger partial charge in [-0.05, 0) is 43.2 Å². The summed E-state index contributed by atoms with van der Waals surface area (Å²) in [6.45, 7) is 8.55. The molecule has 9 nitrogen and oxygen atoms in total. The van der Waals surface area contributed by atoms with Crippen LogP contribution in [0.3, 0.4) is 0 Å². The van der Waals surface area contributed by atoms with Crippen molar-refractivity contribution in [1.82, 2.24) is 15.1 Å². The van der Waals surface area contributed by atoms with Crippen LogP contribution in [0.4, 0.5) is 0 Å². The summed E-state index contributed by atoms with van der Waals surface area (Å²) in [5.74, 6) is 0.946. The Labute approximate surface area is 208 Å². The summed E-state index contributed by atoms with van der Waals surface area (Å²) in [4.78, 5) is 33.2. The van der Waals surface area contributed by atoms with Crippen molar-refractivity contribution in [2.24, 2.45) is 16.6 Å². The van der Waals surface area contributed by atoms with Crippen molar-refractivity contribution in [2.45, 2.75) is 78.2 Å². The molecule has 2 amide bonds. The minimum absolute atomic E-state index is 0.0928. The zero-order valence-corrected chi connectivity index (χ0v) is 21.3. The summed E-state index contributed by atoms with van der Waals surface area (Å²) in [6.07, 6.45) is 4.23. The number of nitrogens with one attached hydrogen (secondary N) is 2. The van der Waals surface area contributed by atoms with Gasteiger partial charge in [-0.15, -0.1) is 0 Å². The molecule has 9 heteroatoms. The Morgan fingerprint density at radius 1 is 1.37 bits per heavy atom. The SMILES string of the molecule is CCCCOC(C)N=C1C(C(=N)N)NC(=O)CCN1Cc1cccc(CN(CC2CC2)C(C)=O)c1. The number of amidine groups is 2. The molecule has 192 valence electrons. The van der Waals surface area contributed by atoms with E-state index in [1.54, 1.807) is 6.92 Å². The molecule has 0 spiro atoms. The van der Waals surface area contributed by atoms with Crippen LogP contribution in [-0.4, -0.2) is 65.3 Å². The van der Waals surface area contributed by atoms with Crippen molar-refractivity contribution >= 4 is 23.5 Å². The topological polar surface area (TPSA) is 124 Å². The maximum absolute atomic E-state index is 12.4. The highest BCUT2D eigenvalue weighted by atomic mass is 16.5. The second-order valence-electron chi connectivity index (χ2n) is 9.60. The number of aliphatic imine (C=N–C) groups is 1. The average molecular weight is 485 g/mol. The summed E-state index contributed by atoms with van der Waals surface area (Å²) in [5, 5.41) is 10.9. The first kappa shape index (κ1) is 26.7. The minimum Gasteiger partial charge on any atom is -0.386 e. The third-order valence-corrected chi connectivity index (χ3v) is 6.34. The third-order valence-electron chi connectivity index (χ3n) is 6.34. The van der Waals surface area contributed by atoms with Crippen LogP contribution in [0.2, 0.25) is 0 Å². The number of benzene rings is 1. The van der Waals surface area contributed by atoms with Gasteiger partial charge < -0.3 is 25.6 Å². The molecular formula is C26H40N6O3. The molecule has 0 radical (unpaired) electrons. The van der Waals surface area contributed by atoms with Crippen molar-refractivity contribution < 1.29 is 14.3 Å². The summed E-state index contributed by atoms with van der Waals surface area (Å²) >= 11 is 0. The number of carbonyl (C=O) groups excluding carboxylic acids is 2. The molecule has 0 aromatic heterocycles. The lowest BCUT2D eigenvalue weighted by Gasteiger charge is -2.29. The lowest BCUT2D eigenvalue weighted by molar-refractivity contribution is -0.129. The second kappa shape index (κ2) is 12.7. The van der Waals surface area contributed by atoms with E-state index in [4.69, 9.17) is 20.9 Å². The van der Waals surface area contributed by atoms with Gasteiger partial charge in [-0.1, -0.05) is 37.6 Å². The molecule has 1 aromatic rings. The minimum atomic E-state index is -0.794. The van der Waals surface area contributed by atoms with Crippen LogP contribution in [0.25, 0.3) is 0 Å². The fraction of sp³-hybridized carbons (Fsp3) is 0.615. The number of ether oxygens (including phenoxy) is 1. The van der Waals surface area contributed by atoms with E-state index in [-0.39, 0.29) is 24.1 Å². The molecule has 2 atom stereocenters. The van der Waals surface area contributed by atoms with Crippen molar-refractivity contribution in [3.63, 3.8) is 0 Å². The van der Waals surface area contributed by atoms with Crippen LogP contribution in [-0.2, 0) is 27.4 Å². The van der Waals surface area contributed by atoms with Gasteiger partial charge in [-0.3, -0.25) is 15.0 Å². The summed E-state index contributed by atoms with van der Waals surface area (Å²) in [6, 6.07) is 7.38. The second-order valence-corrected chi connectivity index (χ2v) is 9.60. The van der Waals surface area contributed by atoms with Gasteiger partial charge in [0, 0.05) is 46.1 Å². The highest BCUT2D eigenvalue weighted by Gasteiger charge is 2.31. The van der Waals surface area contributed by atoms with E-state index in [1.165, 1.54) is 12.8 Å². The van der Waals surface area contributed by atoms with Gasteiger partial charge in [0.2, 0.25) is 11.8 Å². The van der Waals surface area contributed by atoms with Crippen molar-refractivity contribution in [3.8, 4) is 0 Å². The van der Waals surface area contributed by atoms with Crippen LogP contribution in [0, 0.1) is 11.3 Å². The zero-order valence-electron chi connectivity index (χ0n) is 21.3. The van der Waals surface area contributed by atoms with Crippen molar-refractivity contribution in [3.05, 3.63) is 35.4 Å². The van der Waals surface area contributed by atoms with E-state index in [9.17, 15) is 9.59 Å². The fourth-order valence-electron chi connectivity index (χ4n) is 4.17. The smallest absolute Gasteiger partial charge is 0.222 e. The summed E-state index contributed by atoms with van der Waals surface area (Å²) in [7, 11) is 0. The maximum Gasteiger partial charge on any atom is 0.222 e. The number of carbonyl (C=O) groups is 2. The van der Waals surface area contributed by atoms with Crippen LogP contribution in [0.1, 0.15) is 64.0 Å². The van der Waals surface area contributed by atoms with Crippen molar-refractivity contribution in [1.29, 1.82) is 5.41 Å². The molecule has 0 bridgehead atoms. The quantitative estimate of drug-likeness (QED) is 0.239. The molecule has 3 rings (SSSR count). The number of nitrogens with two attached hydrogens (primary N) is 1. The third kappa shape index (κ3) is 8.35. The number of amides is 2. The van der Waals surface area contributed by atoms with Gasteiger partial charge in [-0.25, -0.2) is 4.99 Å². The Bertz CT molecular complexity index is 929. The van der Waals surface area contributed by atoms with Gasteiger partial charge in [0.15, 0.2) is 0 Å². The van der Waals surface area contributed by atoms with Crippen LogP contribution in [0.5, 0.6) is 0 Å². The molecule has 1 aliphatic carbocycles. The molecular weight excluding hydrogens is 444 g/mol. The number of rotatable bonds is 12. The van der Waals surface area contributed by atoms with Gasteiger partial charge in [0.05, 0.1) is 0 Å². The number of nitrogens with zero attached hydrogens (tertiary/aromatic N) is 3. The van der Waals surface area contributed by atoms with E-state index in [1.807, 2.05) is 34.9 Å². The molecule has 2 fully saturated rings. The van der Waals surface area contributed by atoms with Gasteiger partial charge in [0.25, 0.3) is 0 Å². The molecule has 35 heavy (non-hydrogen) atoms. The Hall–Kier alpha value is -2.94. The molecule has 1 aromatic carbocycles. The lowest BCUT2D eigenvalue weighted by Crippen LogP contribution is -2.52. The van der Waals surface area contributed by atoms with Gasteiger partial charge >= 0.3 is 0 Å². The van der Waals surface area contributed by atoms with Gasteiger partial charge in [0.1, 0.15) is 23.9 Å². The van der Waals surface area contributed by atoms with E-state index in [0.29, 0.717) is 38.0 Å². The Morgan fingerprint density at radius 2 is 2.11 bits per heavy atom. The first-order valence-electron chi connectivity index (χ1n) is 12.7. The maximum atomic E-state index is 12.4. The molecule has 1 heterocycles. The Morgan fingerprint density at radius 3 is 2.77 bits per heavy atom. The Kier molecular flexibility index (Phi) is 9.65. The van der Waals surface area contributed by atoms with Gasteiger partial charge in [-0.2, -0.15) is 0 Å². The van der Waals surface area contributed by atoms with Crippen LogP contribution >= 0.6 is 0 Å².